The summed E-state index contributed by atoms with van der Waals surface area (Å²) in [5, 5.41) is 11.5. The van der Waals surface area contributed by atoms with Crippen molar-refractivity contribution >= 4 is 0 Å². The van der Waals surface area contributed by atoms with E-state index in [1.54, 1.807) is 0 Å². The third-order valence-corrected chi connectivity index (χ3v) is 4.19. The molecule has 2 aromatic carbocycles. The molecular weight excluding hydrogens is 252 g/mol. The number of aliphatic hydroxyl groups is 1. The SMILES string of the molecule is OC1(C2CC2)c2ccccc2OCOc2ccccc21. The molecule has 0 unspecified atom stereocenters. The van der Waals surface area contributed by atoms with Gasteiger partial charge in [0.25, 0.3) is 0 Å². The summed E-state index contributed by atoms with van der Waals surface area (Å²) < 4.78 is 11.4. The molecule has 1 saturated carbocycles. The van der Waals surface area contributed by atoms with Gasteiger partial charge < -0.3 is 14.6 Å². The zero-order chi connectivity index (χ0) is 13.6. The van der Waals surface area contributed by atoms with Crippen LogP contribution in [0.2, 0.25) is 0 Å². The molecule has 102 valence electrons. The van der Waals surface area contributed by atoms with Gasteiger partial charge in [-0.25, -0.2) is 0 Å². The van der Waals surface area contributed by atoms with Gasteiger partial charge in [-0.3, -0.25) is 0 Å². The summed E-state index contributed by atoms with van der Waals surface area (Å²) in [5.74, 6) is 1.64. The quantitative estimate of drug-likeness (QED) is 0.864. The molecule has 2 aromatic rings. The van der Waals surface area contributed by atoms with Gasteiger partial charge in [0.05, 0.1) is 0 Å². The van der Waals surface area contributed by atoms with Gasteiger partial charge in [-0.2, -0.15) is 0 Å². The van der Waals surface area contributed by atoms with E-state index < -0.39 is 5.60 Å². The summed E-state index contributed by atoms with van der Waals surface area (Å²) in [7, 11) is 0. The van der Waals surface area contributed by atoms with Crippen molar-refractivity contribution in [2.75, 3.05) is 6.79 Å². The fourth-order valence-corrected chi connectivity index (χ4v) is 3.06. The number of fused-ring (bicyclic) bond motifs is 2. The van der Waals surface area contributed by atoms with Crippen molar-refractivity contribution in [1.82, 2.24) is 0 Å². The van der Waals surface area contributed by atoms with E-state index in [1.807, 2.05) is 48.5 Å². The normalized spacial score (nSPS) is 19.6. The molecule has 0 radical (unpaired) electrons. The molecule has 1 aliphatic carbocycles. The molecule has 0 bridgehead atoms. The van der Waals surface area contributed by atoms with Crippen LogP contribution in [0.4, 0.5) is 0 Å². The highest BCUT2D eigenvalue weighted by molar-refractivity contribution is 5.51. The number of hydrogen-bond donors (Lipinski definition) is 1. The van der Waals surface area contributed by atoms with Crippen LogP contribution >= 0.6 is 0 Å². The second-order valence-electron chi connectivity index (χ2n) is 5.44. The lowest BCUT2D eigenvalue weighted by atomic mass is 9.81. The molecule has 4 rings (SSSR count). The Balaban J connectivity index is 1.99. The predicted octanol–water partition coefficient (Wildman–Crippen LogP) is 3.06. The van der Waals surface area contributed by atoms with Crippen LogP contribution in [0.25, 0.3) is 0 Å². The fourth-order valence-electron chi connectivity index (χ4n) is 3.06. The van der Waals surface area contributed by atoms with Crippen LogP contribution in [0.3, 0.4) is 0 Å². The Bertz CT molecular complexity index is 599. The molecule has 0 spiro atoms. The Morgan fingerprint density at radius 3 is 1.85 bits per heavy atom. The molecule has 0 saturated heterocycles. The van der Waals surface area contributed by atoms with Crippen molar-refractivity contribution < 1.29 is 14.6 Å². The molecule has 1 heterocycles. The summed E-state index contributed by atoms with van der Waals surface area (Å²) in [5.41, 5.74) is 0.671. The lowest BCUT2D eigenvalue weighted by Gasteiger charge is -2.34. The van der Waals surface area contributed by atoms with Crippen LogP contribution in [0.15, 0.2) is 48.5 Å². The number of rotatable bonds is 1. The van der Waals surface area contributed by atoms with E-state index in [-0.39, 0.29) is 12.7 Å². The van der Waals surface area contributed by atoms with Crippen molar-refractivity contribution in [2.24, 2.45) is 5.92 Å². The van der Waals surface area contributed by atoms with E-state index in [1.165, 1.54) is 0 Å². The standard InChI is InChI=1S/C17H16O3/c18-17(12-9-10-12)13-5-1-3-7-15(13)19-11-20-16-8-4-2-6-14(16)17/h1-8,12,18H,9-11H2. The Hall–Kier alpha value is -2.00. The first-order chi connectivity index (χ1) is 9.80. The van der Waals surface area contributed by atoms with Crippen molar-refractivity contribution in [1.29, 1.82) is 0 Å². The average Bonchev–Trinajstić information content (AvgIpc) is 3.31. The van der Waals surface area contributed by atoms with Gasteiger partial charge >= 0.3 is 0 Å². The van der Waals surface area contributed by atoms with Crippen LogP contribution in [-0.2, 0) is 5.60 Å². The van der Waals surface area contributed by atoms with Crippen LogP contribution in [0, 0.1) is 5.92 Å². The van der Waals surface area contributed by atoms with Crippen molar-refractivity contribution in [2.45, 2.75) is 18.4 Å². The van der Waals surface area contributed by atoms with Gasteiger partial charge in [0, 0.05) is 11.1 Å². The smallest absolute Gasteiger partial charge is 0.230 e. The van der Waals surface area contributed by atoms with Crippen molar-refractivity contribution in [3.63, 3.8) is 0 Å². The highest BCUT2D eigenvalue weighted by atomic mass is 16.7. The van der Waals surface area contributed by atoms with Crippen molar-refractivity contribution in [3.8, 4) is 11.5 Å². The summed E-state index contributed by atoms with van der Waals surface area (Å²) in [6, 6.07) is 15.4. The van der Waals surface area contributed by atoms with E-state index in [9.17, 15) is 5.11 Å². The molecule has 1 aliphatic heterocycles. The Labute approximate surface area is 117 Å². The van der Waals surface area contributed by atoms with Crippen LogP contribution in [-0.4, -0.2) is 11.9 Å². The van der Waals surface area contributed by atoms with Gasteiger partial charge in [0.1, 0.15) is 17.1 Å². The van der Waals surface area contributed by atoms with Gasteiger partial charge in [-0.1, -0.05) is 36.4 Å². The molecule has 2 aliphatic rings. The van der Waals surface area contributed by atoms with Crippen molar-refractivity contribution in [3.05, 3.63) is 59.7 Å². The maximum atomic E-state index is 11.5. The highest BCUT2D eigenvalue weighted by Crippen LogP contribution is 2.54. The maximum Gasteiger partial charge on any atom is 0.230 e. The second-order valence-corrected chi connectivity index (χ2v) is 5.44. The van der Waals surface area contributed by atoms with Gasteiger partial charge in [-0.05, 0) is 30.9 Å². The first kappa shape index (κ1) is 11.8. The monoisotopic (exact) mass is 268 g/mol. The van der Waals surface area contributed by atoms with Crippen LogP contribution in [0.5, 0.6) is 11.5 Å². The Morgan fingerprint density at radius 1 is 0.850 bits per heavy atom. The number of hydrogen-bond acceptors (Lipinski definition) is 3. The minimum Gasteiger partial charge on any atom is -0.457 e. The third kappa shape index (κ3) is 1.63. The van der Waals surface area contributed by atoms with Crippen LogP contribution < -0.4 is 9.47 Å². The predicted molar refractivity (Wildman–Crippen MR) is 74.7 cm³/mol. The van der Waals surface area contributed by atoms with Gasteiger partial charge in [-0.15, -0.1) is 0 Å². The van der Waals surface area contributed by atoms with E-state index in [4.69, 9.17) is 9.47 Å². The first-order valence-corrected chi connectivity index (χ1v) is 6.97. The molecule has 1 fully saturated rings. The second kappa shape index (κ2) is 4.25. The van der Waals surface area contributed by atoms with Gasteiger partial charge in [0.15, 0.2) is 0 Å². The van der Waals surface area contributed by atoms with Crippen LogP contribution in [0.1, 0.15) is 24.0 Å². The first-order valence-electron chi connectivity index (χ1n) is 6.97. The summed E-state index contributed by atoms with van der Waals surface area (Å²) in [6.07, 6.45) is 2.05. The maximum absolute atomic E-state index is 11.5. The Kier molecular flexibility index (Phi) is 2.51. The van der Waals surface area contributed by atoms with E-state index >= 15 is 0 Å². The largest absolute Gasteiger partial charge is 0.457 e. The summed E-state index contributed by atoms with van der Waals surface area (Å²) in [6.45, 7) is 0.161. The third-order valence-electron chi connectivity index (χ3n) is 4.19. The number of para-hydroxylation sites is 2. The molecule has 3 nitrogen and oxygen atoms in total. The molecule has 0 amide bonds. The summed E-state index contributed by atoms with van der Waals surface area (Å²) >= 11 is 0. The molecule has 0 atom stereocenters. The number of benzene rings is 2. The molecule has 1 N–H and O–H groups in total. The lowest BCUT2D eigenvalue weighted by molar-refractivity contribution is 0.0315. The minimum absolute atomic E-state index is 0.161. The minimum atomic E-state index is -1.02. The topological polar surface area (TPSA) is 38.7 Å². The zero-order valence-corrected chi connectivity index (χ0v) is 11.1. The van der Waals surface area contributed by atoms with E-state index in [0.717, 1.165) is 24.0 Å². The molecule has 3 heteroatoms. The molecular formula is C17H16O3. The fraction of sp³-hybridized carbons (Fsp3) is 0.294. The zero-order valence-electron chi connectivity index (χ0n) is 11.1. The average molecular weight is 268 g/mol. The molecule has 20 heavy (non-hydrogen) atoms. The Morgan fingerprint density at radius 2 is 1.35 bits per heavy atom. The van der Waals surface area contributed by atoms with E-state index in [0.29, 0.717) is 11.5 Å². The summed E-state index contributed by atoms with van der Waals surface area (Å²) in [4.78, 5) is 0. The molecule has 0 aromatic heterocycles. The number of ether oxygens (including phenoxy) is 2. The van der Waals surface area contributed by atoms with E-state index in [2.05, 4.69) is 0 Å². The lowest BCUT2D eigenvalue weighted by Crippen LogP contribution is -2.33. The van der Waals surface area contributed by atoms with Gasteiger partial charge in [0.2, 0.25) is 6.79 Å². The highest BCUT2D eigenvalue weighted by Gasteiger charge is 2.49.